The summed E-state index contributed by atoms with van der Waals surface area (Å²) in [5.74, 6) is -0.247. The Balaban J connectivity index is 1.79. The molecule has 1 aliphatic carbocycles. The zero-order valence-electron chi connectivity index (χ0n) is 16.9. The zero-order chi connectivity index (χ0) is 20.9. The van der Waals surface area contributed by atoms with Gasteiger partial charge in [-0.3, -0.25) is 9.59 Å². The van der Waals surface area contributed by atoms with Crippen LogP contribution in [0.25, 0.3) is 0 Å². The molecule has 8 heteroatoms. The van der Waals surface area contributed by atoms with Crippen molar-refractivity contribution >= 4 is 21.9 Å². The van der Waals surface area contributed by atoms with Crippen LogP contribution >= 0.6 is 0 Å². The van der Waals surface area contributed by atoms with Crippen molar-refractivity contribution in [1.29, 1.82) is 0 Å². The Morgan fingerprint density at radius 1 is 1.14 bits per heavy atom. The minimum Gasteiger partial charge on any atom is -0.455 e. The highest BCUT2D eigenvalue weighted by Crippen LogP contribution is 2.29. The van der Waals surface area contributed by atoms with Crippen molar-refractivity contribution in [3.05, 3.63) is 29.3 Å². The summed E-state index contributed by atoms with van der Waals surface area (Å²) in [6, 6.07) is 4.82. The molecule has 2 N–H and O–H groups in total. The lowest BCUT2D eigenvalue weighted by Gasteiger charge is -2.34. The van der Waals surface area contributed by atoms with E-state index in [4.69, 9.17) is 4.74 Å². The number of aryl methyl sites for hydroxylation is 2. The van der Waals surface area contributed by atoms with Crippen LogP contribution in [0.3, 0.4) is 0 Å². The number of ether oxygens (including phenoxy) is 1. The molecular formula is C20H30N2O5S. The van der Waals surface area contributed by atoms with E-state index in [0.29, 0.717) is 11.8 Å². The minimum atomic E-state index is -3.82. The molecule has 1 saturated carbocycles. The molecule has 156 valence electrons. The molecule has 1 amide bonds. The number of carbonyl (C=O) groups is 2. The summed E-state index contributed by atoms with van der Waals surface area (Å²) in [6.07, 6.45) is 3.14. The highest BCUT2D eigenvalue weighted by Gasteiger charge is 2.28. The summed E-state index contributed by atoms with van der Waals surface area (Å²) in [4.78, 5) is 23.9. The van der Waals surface area contributed by atoms with Crippen LogP contribution in [-0.2, 0) is 24.3 Å². The monoisotopic (exact) mass is 410 g/mol. The first-order valence-electron chi connectivity index (χ1n) is 9.62. The van der Waals surface area contributed by atoms with Gasteiger partial charge in [-0.05, 0) is 55.4 Å². The second kappa shape index (κ2) is 9.52. The molecule has 28 heavy (non-hydrogen) atoms. The van der Waals surface area contributed by atoms with Gasteiger partial charge in [0.1, 0.15) is 6.54 Å². The molecule has 0 aliphatic heterocycles. The third kappa shape index (κ3) is 6.04. The molecule has 2 rings (SSSR count). The van der Waals surface area contributed by atoms with E-state index in [2.05, 4.69) is 23.9 Å². The van der Waals surface area contributed by atoms with Crippen molar-refractivity contribution < 1.29 is 22.7 Å². The number of carbonyl (C=O) groups excluding carboxylic acids is 2. The van der Waals surface area contributed by atoms with Crippen molar-refractivity contribution in [2.75, 3.05) is 13.2 Å². The number of hydrogen-bond donors (Lipinski definition) is 2. The molecule has 0 aromatic heterocycles. The van der Waals surface area contributed by atoms with Gasteiger partial charge in [-0.25, -0.2) is 8.42 Å². The molecule has 1 aromatic rings. The molecule has 1 aromatic carbocycles. The molecule has 7 nitrogen and oxygen atoms in total. The van der Waals surface area contributed by atoms with Gasteiger partial charge in [0.2, 0.25) is 10.0 Å². The van der Waals surface area contributed by atoms with Gasteiger partial charge in [0.25, 0.3) is 5.91 Å². The first kappa shape index (κ1) is 22.4. The normalized spacial score (nSPS) is 22.5. The zero-order valence-corrected chi connectivity index (χ0v) is 17.8. The van der Waals surface area contributed by atoms with Crippen molar-refractivity contribution in [1.82, 2.24) is 10.0 Å². The molecule has 1 fully saturated rings. The first-order valence-corrected chi connectivity index (χ1v) is 11.1. The average molecular weight is 411 g/mol. The molecule has 0 spiro atoms. The van der Waals surface area contributed by atoms with Crippen molar-refractivity contribution in [3.63, 3.8) is 0 Å². The number of sulfonamides is 1. The van der Waals surface area contributed by atoms with Gasteiger partial charge >= 0.3 is 5.97 Å². The number of hydrogen-bond acceptors (Lipinski definition) is 5. The lowest BCUT2D eigenvalue weighted by Crippen LogP contribution is -2.45. The van der Waals surface area contributed by atoms with Crippen LogP contribution in [0, 0.1) is 25.7 Å². The fourth-order valence-electron chi connectivity index (χ4n) is 3.35. The Morgan fingerprint density at radius 3 is 2.54 bits per heavy atom. The maximum absolute atomic E-state index is 12.3. The lowest BCUT2D eigenvalue weighted by molar-refractivity contribution is -0.147. The quantitative estimate of drug-likeness (QED) is 0.670. The molecule has 0 unspecified atom stereocenters. The van der Waals surface area contributed by atoms with E-state index in [1.54, 1.807) is 12.1 Å². The van der Waals surface area contributed by atoms with Crippen molar-refractivity contribution in [3.8, 4) is 0 Å². The van der Waals surface area contributed by atoms with E-state index in [1.807, 2.05) is 13.8 Å². The number of nitrogens with one attached hydrogen (secondary N) is 2. The maximum Gasteiger partial charge on any atom is 0.321 e. The van der Waals surface area contributed by atoms with Crippen LogP contribution in [0.5, 0.6) is 0 Å². The van der Waals surface area contributed by atoms with Crippen LogP contribution in [0.1, 0.15) is 44.2 Å². The van der Waals surface area contributed by atoms with Crippen LogP contribution in [0.4, 0.5) is 0 Å². The number of rotatable bonds is 7. The Kier molecular flexibility index (Phi) is 7.60. The van der Waals surface area contributed by atoms with Crippen LogP contribution < -0.4 is 10.0 Å². The number of esters is 1. The SMILES string of the molecule is Cc1ccc(S(=O)(=O)NCC(=O)OCC(=O)N[C@H]2CCC[C@@H](C)[C@@H]2C)cc1C. The van der Waals surface area contributed by atoms with Gasteiger partial charge < -0.3 is 10.1 Å². The highest BCUT2D eigenvalue weighted by molar-refractivity contribution is 7.89. The van der Waals surface area contributed by atoms with E-state index in [1.165, 1.54) is 6.07 Å². The first-order chi connectivity index (χ1) is 13.1. The largest absolute Gasteiger partial charge is 0.455 e. The molecule has 0 bridgehead atoms. The minimum absolute atomic E-state index is 0.0817. The molecule has 0 saturated heterocycles. The molecule has 3 atom stereocenters. The predicted molar refractivity (Wildman–Crippen MR) is 106 cm³/mol. The number of amides is 1. The topological polar surface area (TPSA) is 102 Å². The van der Waals surface area contributed by atoms with E-state index in [-0.39, 0.29) is 16.8 Å². The van der Waals surface area contributed by atoms with Gasteiger partial charge in [0, 0.05) is 6.04 Å². The Bertz CT molecular complexity index is 822. The molecular weight excluding hydrogens is 380 g/mol. The Hall–Kier alpha value is -1.93. The fourth-order valence-corrected chi connectivity index (χ4v) is 4.40. The van der Waals surface area contributed by atoms with Crippen LogP contribution in [0.2, 0.25) is 0 Å². The van der Waals surface area contributed by atoms with Crippen molar-refractivity contribution in [2.45, 2.75) is 57.9 Å². The smallest absolute Gasteiger partial charge is 0.321 e. The standard InChI is InChI=1S/C20H30N2O5S/c1-13-8-9-17(10-15(13)3)28(25,26)21-11-20(24)27-12-19(23)22-18-7-5-6-14(2)16(18)4/h8-10,14,16,18,21H,5-7,11-12H2,1-4H3,(H,22,23)/t14-,16+,18+/m1/s1. The van der Waals surface area contributed by atoms with Gasteiger partial charge in [-0.1, -0.05) is 32.8 Å². The van der Waals surface area contributed by atoms with Gasteiger partial charge in [-0.2, -0.15) is 4.72 Å². The fraction of sp³-hybridized carbons (Fsp3) is 0.600. The van der Waals surface area contributed by atoms with Crippen molar-refractivity contribution in [2.24, 2.45) is 11.8 Å². The summed E-state index contributed by atoms with van der Waals surface area (Å²) in [5.41, 5.74) is 1.82. The van der Waals surface area contributed by atoms with Gasteiger partial charge in [0.15, 0.2) is 6.61 Å². The summed E-state index contributed by atoms with van der Waals surface area (Å²) in [7, 11) is -3.82. The molecule has 1 aliphatic rings. The van der Waals surface area contributed by atoms with Crippen LogP contribution in [-0.4, -0.2) is 39.5 Å². The third-order valence-electron chi connectivity index (χ3n) is 5.61. The third-order valence-corrected chi connectivity index (χ3v) is 7.01. The highest BCUT2D eigenvalue weighted by atomic mass is 32.2. The molecule has 0 radical (unpaired) electrons. The van der Waals surface area contributed by atoms with E-state index < -0.39 is 29.1 Å². The number of benzene rings is 1. The Labute approximate surface area is 167 Å². The summed E-state index contributed by atoms with van der Waals surface area (Å²) >= 11 is 0. The lowest BCUT2D eigenvalue weighted by atomic mass is 9.78. The second-order valence-corrected chi connectivity index (χ2v) is 9.44. The summed E-state index contributed by atoms with van der Waals surface area (Å²) < 4.78 is 31.6. The average Bonchev–Trinajstić information content (AvgIpc) is 2.64. The van der Waals surface area contributed by atoms with Gasteiger partial charge in [-0.15, -0.1) is 0 Å². The summed E-state index contributed by atoms with van der Waals surface area (Å²) in [6.45, 7) is 7.04. The van der Waals surface area contributed by atoms with E-state index in [0.717, 1.165) is 30.4 Å². The Morgan fingerprint density at radius 2 is 1.86 bits per heavy atom. The summed E-state index contributed by atoms with van der Waals surface area (Å²) in [5, 5.41) is 2.91. The second-order valence-electron chi connectivity index (χ2n) is 7.67. The molecule has 0 heterocycles. The predicted octanol–water partition coefficient (Wildman–Crippen LogP) is 2.07. The van der Waals surface area contributed by atoms with Crippen LogP contribution in [0.15, 0.2) is 23.1 Å². The van der Waals surface area contributed by atoms with E-state index >= 15 is 0 Å². The van der Waals surface area contributed by atoms with Gasteiger partial charge in [0.05, 0.1) is 4.90 Å². The maximum atomic E-state index is 12.3. The van der Waals surface area contributed by atoms with E-state index in [9.17, 15) is 18.0 Å².